The van der Waals surface area contributed by atoms with Crippen molar-refractivity contribution in [2.75, 3.05) is 13.2 Å². The van der Waals surface area contributed by atoms with Crippen LogP contribution in [0.1, 0.15) is 44.3 Å². The Morgan fingerprint density at radius 3 is 1.05 bits per heavy atom. The maximum atomic E-state index is 14.1. The Morgan fingerprint density at radius 2 is 0.793 bits per heavy atom. The molecule has 58 heavy (non-hydrogen) atoms. The Labute approximate surface area is 303 Å². The second-order valence-corrected chi connectivity index (χ2v) is 11.7. The topological polar surface area (TPSA) is 81.8 Å². The van der Waals surface area contributed by atoms with E-state index >= 15 is 0 Å². The predicted molar refractivity (Wildman–Crippen MR) is 135 cm³/mol. The van der Waals surface area contributed by atoms with Crippen molar-refractivity contribution < 1.29 is 134 Å². The first kappa shape index (κ1) is 52.4. The van der Waals surface area contributed by atoms with Crippen molar-refractivity contribution in [3.8, 4) is 11.5 Å². The molecule has 1 N–H and O–H groups in total. The summed E-state index contributed by atoms with van der Waals surface area (Å²) in [5.74, 6) is -80.2. The number of nitro groups is 1. The fourth-order valence-corrected chi connectivity index (χ4v) is 4.15. The quantitative estimate of drug-likeness (QED) is 0.0610. The van der Waals surface area contributed by atoms with E-state index in [2.05, 4.69) is 9.47 Å². The SMILES string of the molecule is CC(O)c1cc(OCCCC(F)(F)C(F)(F)C(F)(F)C(F)(F)C(F)(F)C(F)(F)F)c(OCCCC(F)(F)C(F)(F)C(F)(F)C(F)(F)C(F)(F)C(F)(F)F)cc1[N+](=O)[O-]. The third kappa shape index (κ3) is 8.65. The molecule has 0 heterocycles. The molecule has 6 nitrogen and oxygen atoms in total. The summed E-state index contributed by atoms with van der Waals surface area (Å²) in [5.41, 5.74) is -2.19. The zero-order chi connectivity index (χ0) is 46.5. The van der Waals surface area contributed by atoms with Gasteiger partial charge in [0.2, 0.25) is 0 Å². The van der Waals surface area contributed by atoms with Crippen molar-refractivity contribution >= 4 is 5.69 Å². The smallest absolute Gasteiger partial charge is 0.460 e. The number of rotatable bonds is 20. The molecule has 0 saturated heterocycles. The molecular weight excluding hydrogens is 900 g/mol. The van der Waals surface area contributed by atoms with Crippen LogP contribution in [-0.2, 0) is 0 Å². The Kier molecular flexibility index (Phi) is 14.2. The van der Waals surface area contributed by atoms with Gasteiger partial charge in [0.1, 0.15) is 0 Å². The molecule has 0 amide bonds. The third-order valence-electron chi connectivity index (χ3n) is 7.52. The summed E-state index contributed by atoms with van der Waals surface area (Å²) in [5, 5.41) is 21.1. The minimum absolute atomic E-state index is 0.0876. The van der Waals surface area contributed by atoms with Gasteiger partial charge in [-0.2, -0.15) is 114 Å². The number of alkyl halides is 26. The Hall–Kier alpha value is -3.64. The van der Waals surface area contributed by atoms with Gasteiger partial charge < -0.3 is 14.6 Å². The first-order valence-corrected chi connectivity index (χ1v) is 14.5. The highest BCUT2D eigenvalue weighted by Crippen LogP contribution is 2.62. The lowest BCUT2D eigenvalue weighted by molar-refractivity contribution is -0.440. The maximum absolute atomic E-state index is 14.1. The van der Waals surface area contributed by atoms with Crippen molar-refractivity contribution in [3.05, 3.63) is 27.8 Å². The average Bonchev–Trinajstić information content (AvgIpc) is 3.03. The largest absolute Gasteiger partial charge is 0.490 e. The van der Waals surface area contributed by atoms with Gasteiger partial charge in [-0.25, -0.2) is 0 Å². The normalized spacial score (nSPS) is 15.7. The zero-order valence-electron chi connectivity index (χ0n) is 27.3. The van der Waals surface area contributed by atoms with E-state index in [0.29, 0.717) is 0 Å². The average molecular weight is 919 g/mol. The van der Waals surface area contributed by atoms with Gasteiger partial charge in [0.25, 0.3) is 5.69 Å². The van der Waals surface area contributed by atoms with Crippen LogP contribution in [0, 0.1) is 10.1 Å². The molecule has 0 aliphatic carbocycles. The number of nitrogens with zero attached hydrogens (tertiary/aromatic N) is 1. The first-order valence-electron chi connectivity index (χ1n) is 14.5. The number of hydrogen-bond acceptors (Lipinski definition) is 5. The molecule has 32 heteroatoms. The van der Waals surface area contributed by atoms with Crippen LogP contribution < -0.4 is 9.47 Å². The summed E-state index contributed by atoms with van der Waals surface area (Å²) in [4.78, 5) is 9.99. The minimum Gasteiger partial charge on any atom is -0.490 e. The second-order valence-electron chi connectivity index (χ2n) is 11.7. The van der Waals surface area contributed by atoms with E-state index in [1.807, 2.05) is 0 Å². The van der Waals surface area contributed by atoms with Gasteiger partial charge in [0, 0.05) is 12.8 Å². The van der Waals surface area contributed by atoms with Crippen LogP contribution in [0.5, 0.6) is 11.5 Å². The van der Waals surface area contributed by atoms with Gasteiger partial charge in [0.15, 0.2) is 11.5 Å². The number of hydrogen-bond donors (Lipinski definition) is 1. The molecule has 1 unspecified atom stereocenters. The Bertz CT molecular complexity index is 1600. The molecule has 0 aliphatic heterocycles. The molecule has 340 valence electrons. The number of benzene rings is 1. The molecule has 1 aromatic rings. The highest BCUT2D eigenvalue weighted by atomic mass is 19.4. The van der Waals surface area contributed by atoms with Crippen LogP contribution in [0.3, 0.4) is 0 Å². The molecule has 0 fully saturated rings. The van der Waals surface area contributed by atoms with E-state index in [1.165, 1.54) is 0 Å². The van der Waals surface area contributed by atoms with Crippen molar-refractivity contribution in [1.29, 1.82) is 0 Å². The van der Waals surface area contributed by atoms with Crippen LogP contribution >= 0.6 is 0 Å². The van der Waals surface area contributed by atoms with Gasteiger partial charge in [-0.05, 0) is 25.8 Å². The fourth-order valence-electron chi connectivity index (χ4n) is 4.15. The third-order valence-corrected chi connectivity index (χ3v) is 7.52. The standard InChI is InChI=1S/C26H19F26NO5/c1-10(54)11-8-13(57-6-2-4-15(27,28)17(31,32)19(35,36)21(39,40)23(43,44)25(47,48)49)14(9-12(11)53(55)56)58-7-3-5-16(29,30)18(33,34)20(37,38)22(41,42)24(45,46)26(50,51)52/h8-10,54H,2-7H2,1H3. The van der Waals surface area contributed by atoms with Gasteiger partial charge in [-0.15, -0.1) is 0 Å². The maximum Gasteiger partial charge on any atom is 0.460 e. The summed E-state index contributed by atoms with van der Waals surface area (Å²) in [6.45, 7) is -2.61. The molecule has 0 saturated carbocycles. The molecule has 1 atom stereocenters. The lowest BCUT2D eigenvalue weighted by Gasteiger charge is -2.39. The van der Waals surface area contributed by atoms with Crippen LogP contribution in [0.4, 0.5) is 120 Å². The van der Waals surface area contributed by atoms with Crippen molar-refractivity contribution in [3.63, 3.8) is 0 Å². The first-order chi connectivity index (χ1) is 25.3. The Balaban J connectivity index is 3.36. The van der Waals surface area contributed by atoms with E-state index in [4.69, 9.17) is 0 Å². The number of ether oxygens (including phenoxy) is 2. The molecule has 1 aromatic carbocycles. The van der Waals surface area contributed by atoms with Crippen molar-refractivity contribution in [2.24, 2.45) is 0 Å². The van der Waals surface area contributed by atoms with Gasteiger partial charge in [-0.3, -0.25) is 10.1 Å². The van der Waals surface area contributed by atoms with Crippen LogP contribution in [0.2, 0.25) is 0 Å². The van der Waals surface area contributed by atoms with E-state index in [0.717, 1.165) is 6.92 Å². The summed E-state index contributed by atoms with van der Waals surface area (Å²) >= 11 is 0. The lowest BCUT2D eigenvalue weighted by Crippen LogP contribution is -2.70. The number of aliphatic hydroxyl groups excluding tert-OH is 1. The summed E-state index contributed by atoms with van der Waals surface area (Å²) in [6.07, 6.45) is -26.9. The minimum atomic E-state index is -8.24. The lowest BCUT2D eigenvalue weighted by atomic mass is 9.92. The summed E-state index contributed by atoms with van der Waals surface area (Å²) < 4.78 is 355. The molecule has 0 spiro atoms. The predicted octanol–water partition coefficient (Wildman–Crippen LogP) is 11.4. The second kappa shape index (κ2) is 15.8. The monoisotopic (exact) mass is 919 g/mol. The van der Waals surface area contributed by atoms with Gasteiger partial charge >= 0.3 is 71.6 Å². The van der Waals surface area contributed by atoms with E-state index in [-0.39, 0.29) is 12.1 Å². The van der Waals surface area contributed by atoms with E-state index < -0.39 is 144 Å². The summed E-state index contributed by atoms with van der Waals surface area (Å²) in [6, 6.07) is 0.343. The molecule has 0 radical (unpaired) electrons. The van der Waals surface area contributed by atoms with Crippen LogP contribution in [-0.4, -0.2) is 94.8 Å². The van der Waals surface area contributed by atoms with E-state index in [1.54, 1.807) is 0 Å². The number of aliphatic hydroxyl groups is 1. The molecular formula is C26H19F26NO5. The molecule has 0 aliphatic rings. The highest BCUT2D eigenvalue weighted by molar-refractivity contribution is 5.55. The van der Waals surface area contributed by atoms with Crippen molar-refractivity contribution in [2.45, 2.75) is 110 Å². The van der Waals surface area contributed by atoms with Crippen LogP contribution in [0.25, 0.3) is 0 Å². The molecule has 0 bridgehead atoms. The fraction of sp³-hybridized carbons (Fsp3) is 0.769. The van der Waals surface area contributed by atoms with Crippen LogP contribution in [0.15, 0.2) is 12.1 Å². The van der Waals surface area contributed by atoms with Gasteiger partial charge in [0.05, 0.1) is 35.9 Å². The highest BCUT2D eigenvalue weighted by Gasteiger charge is 2.92. The summed E-state index contributed by atoms with van der Waals surface area (Å²) in [7, 11) is 0. The number of nitro benzene ring substituents is 1. The molecule has 0 aromatic heterocycles. The molecule has 1 rings (SSSR count). The van der Waals surface area contributed by atoms with Gasteiger partial charge in [-0.1, -0.05) is 0 Å². The Morgan fingerprint density at radius 1 is 0.517 bits per heavy atom. The number of halogens is 26. The zero-order valence-corrected chi connectivity index (χ0v) is 27.3. The van der Waals surface area contributed by atoms with E-state index in [9.17, 15) is 129 Å². The van der Waals surface area contributed by atoms with Crippen molar-refractivity contribution in [1.82, 2.24) is 0 Å².